The van der Waals surface area contributed by atoms with Crippen LogP contribution in [0.3, 0.4) is 0 Å². The summed E-state index contributed by atoms with van der Waals surface area (Å²) in [5.41, 5.74) is -0.510. The van der Waals surface area contributed by atoms with Crippen LogP contribution in [0.15, 0.2) is 6.20 Å². The van der Waals surface area contributed by atoms with E-state index in [4.69, 9.17) is 4.74 Å². The summed E-state index contributed by atoms with van der Waals surface area (Å²) < 4.78 is 5.08. The molecule has 1 rings (SSSR count). The normalized spacial score (nSPS) is 11.2. The summed E-state index contributed by atoms with van der Waals surface area (Å²) in [5, 5.41) is 10.6. The minimum Gasteiger partial charge on any atom is -0.444 e. The molecular formula is C10H18N4O2. The minimum atomic E-state index is -0.518. The topological polar surface area (TPSA) is 69.0 Å². The summed E-state index contributed by atoms with van der Waals surface area (Å²) in [6, 6.07) is 0. The summed E-state index contributed by atoms with van der Waals surface area (Å²) in [6.45, 7) is 8.18. The molecule has 90 valence electrons. The number of aryl methyl sites for hydroxylation is 1. The molecule has 0 aromatic carbocycles. The molecule has 0 unspecified atom stereocenters. The summed E-state index contributed by atoms with van der Waals surface area (Å²) in [7, 11) is 0. The van der Waals surface area contributed by atoms with Crippen LogP contribution in [0.2, 0.25) is 0 Å². The molecule has 0 atom stereocenters. The lowest BCUT2D eigenvalue weighted by Crippen LogP contribution is -2.27. The van der Waals surface area contributed by atoms with Gasteiger partial charge in [-0.25, -0.2) is 4.79 Å². The molecule has 1 aromatic heterocycles. The Balaban J connectivity index is 2.50. The maximum absolute atomic E-state index is 11.4. The van der Waals surface area contributed by atoms with E-state index in [0.717, 1.165) is 13.0 Å². The Hall–Kier alpha value is -1.59. The zero-order valence-electron chi connectivity index (χ0n) is 10.1. The largest absolute Gasteiger partial charge is 0.444 e. The predicted octanol–water partition coefficient (Wildman–Crippen LogP) is 2.04. The van der Waals surface area contributed by atoms with Crippen molar-refractivity contribution in [1.82, 2.24) is 15.0 Å². The van der Waals surface area contributed by atoms with Gasteiger partial charge in [-0.15, -0.1) is 5.10 Å². The number of aromatic nitrogens is 3. The third kappa shape index (κ3) is 4.29. The molecule has 0 aliphatic heterocycles. The molecular weight excluding hydrogens is 208 g/mol. The lowest BCUT2D eigenvalue weighted by atomic mass is 10.2. The zero-order chi connectivity index (χ0) is 12.2. The number of rotatable bonds is 3. The molecule has 0 bridgehead atoms. The van der Waals surface area contributed by atoms with Crippen LogP contribution in [-0.4, -0.2) is 26.7 Å². The average molecular weight is 226 g/mol. The van der Waals surface area contributed by atoms with Crippen molar-refractivity contribution in [3.8, 4) is 0 Å². The molecule has 0 saturated heterocycles. The van der Waals surface area contributed by atoms with Crippen molar-refractivity contribution in [2.75, 3.05) is 5.32 Å². The van der Waals surface area contributed by atoms with E-state index in [1.807, 2.05) is 6.92 Å². The summed E-state index contributed by atoms with van der Waals surface area (Å²) in [6.07, 6.45) is 1.93. The van der Waals surface area contributed by atoms with Gasteiger partial charge in [-0.1, -0.05) is 6.92 Å². The van der Waals surface area contributed by atoms with Crippen LogP contribution >= 0.6 is 0 Å². The molecule has 0 aliphatic carbocycles. The Bertz CT molecular complexity index is 354. The fourth-order valence-corrected chi connectivity index (χ4v) is 1.07. The number of hydrogen-bond acceptors (Lipinski definition) is 4. The van der Waals surface area contributed by atoms with Crippen LogP contribution in [-0.2, 0) is 11.3 Å². The zero-order valence-corrected chi connectivity index (χ0v) is 10.1. The van der Waals surface area contributed by atoms with E-state index in [-0.39, 0.29) is 0 Å². The highest BCUT2D eigenvalue weighted by Gasteiger charge is 2.16. The number of amides is 1. The van der Waals surface area contributed by atoms with Gasteiger partial charge in [0.15, 0.2) is 5.82 Å². The number of nitrogens with one attached hydrogen (secondary N) is 1. The molecule has 0 radical (unpaired) electrons. The van der Waals surface area contributed by atoms with Gasteiger partial charge in [-0.2, -0.15) is 9.90 Å². The number of hydrogen-bond donors (Lipinski definition) is 1. The summed E-state index contributed by atoms with van der Waals surface area (Å²) >= 11 is 0. The predicted molar refractivity (Wildman–Crippen MR) is 60.2 cm³/mol. The van der Waals surface area contributed by atoms with Crippen LogP contribution < -0.4 is 5.32 Å². The van der Waals surface area contributed by atoms with Crippen LogP contribution in [0.5, 0.6) is 0 Å². The molecule has 16 heavy (non-hydrogen) atoms. The number of ether oxygens (including phenoxy) is 1. The monoisotopic (exact) mass is 226 g/mol. The fourth-order valence-electron chi connectivity index (χ4n) is 1.07. The van der Waals surface area contributed by atoms with E-state index in [2.05, 4.69) is 15.5 Å². The van der Waals surface area contributed by atoms with E-state index < -0.39 is 11.7 Å². The first-order valence-electron chi connectivity index (χ1n) is 5.31. The standard InChI is InChI=1S/C10H18N4O2/c1-5-6-14-11-7-8(13-14)12-9(15)16-10(2,3)4/h7H,5-6H2,1-4H3,(H,12,13,15). The Morgan fingerprint density at radius 2 is 2.25 bits per heavy atom. The Morgan fingerprint density at radius 1 is 1.56 bits per heavy atom. The highest BCUT2D eigenvalue weighted by Crippen LogP contribution is 2.09. The van der Waals surface area contributed by atoms with Crippen LogP contribution in [0, 0.1) is 0 Å². The van der Waals surface area contributed by atoms with E-state index in [1.165, 1.54) is 11.0 Å². The van der Waals surface area contributed by atoms with Crippen molar-refractivity contribution < 1.29 is 9.53 Å². The second kappa shape index (κ2) is 4.96. The molecule has 1 heterocycles. The van der Waals surface area contributed by atoms with Crippen molar-refractivity contribution in [3.63, 3.8) is 0 Å². The highest BCUT2D eigenvalue weighted by atomic mass is 16.6. The summed E-state index contributed by atoms with van der Waals surface area (Å²) in [5.74, 6) is 0.405. The molecule has 6 heteroatoms. The number of nitrogens with zero attached hydrogens (tertiary/aromatic N) is 3. The van der Waals surface area contributed by atoms with Gasteiger partial charge in [0.2, 0.25) is 0 Å². The van der Waals surface area contributed by atoms with Crippen molar-refractivity contribution in [2.24, 2.45) is 0 Å². The first-order valence-corrected chi connectivity index (χ1v) is 5.31. The van der Waals surface area contributed by atoms with Gasteiger partial charge in [0.05, 0.1) is 12.7 Å². The second-order valence-electron chi connectivity index (χ2n) is 4.45. The third-order valence-electron chi connectivity index (χ3n) is 1.59. The Morgan fingerprint density at radius 3 is 2.81 bits per heavy atom. The average Bonchev–Trinajstić information content (AvgIpc) is 2.49. The number of carbonyl (C=O) groups is 1. The minimum absolute atomic E-state index is 0.405. The van der Waals surface area contributed by atoms with Gasteiger partial charge in [-0.05, 0) is 27.2 Å². The molecule has 0 aliphatic rings. The van der Waals surface area contributed by atoms with Gasteiger partial charge in [0, 0.05) is 0 Å². The Labute approximate surface area is 95.0 Å². The first-order chi connectivity index (χ1) is 7.40. The summed E-state index contributed by atoms with van der Waals surface area (Å²) in [4.78, 5) is 12.9. The van der Waals surface area contributed by atoms with Crippen molar-refractivity contribution >= 4 is 11.9 Å². The van der Waals surface area contributed by atoms with Crippen LogP contribution in [0.1, 0.15) is 34.1 Å². The van der Waals surface area contributed by atoms with Crippen molar-refractivity contribution in [1.29, 1.82) is 0 Å². The van der Waals surface area contributed by atoms with E-state index in [9.17, 15) is 4.79 Å². The van der Waals surface area contributed by atoms with Gasteiger partial charge in [0.1, 0.15) is 5.60 Å². The second-order valence-corrected chi connectivity index (χ2v) is 4.45. The molecule has 0 saturated carbocycles. The van der Waals surface area contributed by atoms with E-state index >= 15 is 0 Å². The highest BCUT2D eigenvalue weighted by molar-refractivity contribution is 5.83. The fraction of sp³-hybridized carbons (Fsp3) is 0.700. The molecule has 1 amide bonds. The quantitative estimate of drug-likeness (QED) is 0.856. The smallest absolute Gasteiger partial charge is 0.413 e. The number of carbonyl (C=O) groups excluding carboxylic acids is 1. The van der Waals surface area contributed by atoms with E-state index in [0.29, 0.717) is 5.82 Å². The van der Waals surface area contributed by atoms with E-state index in [1.54, 1.807) is 20.8 Å². The van der Waals surface area contributed by atoms with Gasteiger partial charge in [0.25, 0.3) is 0 Å². The molecule has 1 N–H and O–H groups in total. The van der Waals surface area contributed by atoms with Crippen LogP contribution in [0.4, 0.5) is 10.6 Å². The molecule has 0 spiro atoms. The van der Waals surface area contributed by atoms with Crippen molar-refractivity contribution in [2.45, 2.75) is 46.3 Å². The van der Waals surface area contributed by atoms with Gasteiger partial charge < -0.3 is 4.74 Å². The SMILES string of the molecule is CCCn1ncc(NC(=O)OC(C)(C)C)n1. The molecule has 6 nitrogen and oxygen atoms in total. The molecule has 0 fully saturated rings. The lowest BCUT2D eigenvalue weighted by Gasteiger charge is -2.18. The molecule has 1 aromatic rings. The Kier molecular flexibility index (Phi) is 3.87. The lowest BCUT2D eigenvalue weighted by molar-refractivity contribution is 0.0635. The van der Waals surface area contributed by atoms with Gasteiger partial charge in [-0.3, -0.25) is 5.32 Å². The van der Waals surface area contributed by atoms with Gasteiger partial charge >= 0.3 is 6.09 Å². The first kappa shape index (κ1) is 12.5. The maximum Gasteiger partial charge on any atom is 0.413 e. The third-order valence-corrected chi connectivity index (χ3v) is 1.59. The number of anilines is 1. The maximum atomic E-state index is 11.4. The van der Waals surface area contributed by atoms with Crippen LogP contribution in [0.25, 0.3) is 0 Å². The van der Waals surface area contributed by atoms with Crippen molar-refractivity contribution in [3.05, 3.63) is 6.20 Å².